The first-order valence-electron chi connectivity index (χ1n) is 7.71. The van der Waals surface area contributed by atoms with Gasteiger partial charge in [0.25, 0.3) is 0 Å². The molecule has 2 atom stereocenters. The van der Waals surface area contributed by atoms with Gasteiger partial charge < -0.3 is 10.6 Å². The van der Waals surface area contributed by atoms with Crippen molar-refractivity contribution in [2.75, 3.05) is 6.54 Å². The molecule has 1 aliphatic heterocycles. The number of nitrogens with one attached hydrogen (secondary N) is 2. The van der Waals surface area contributed by atoms with Gasteiger partial charge in [0.1, 0.15) is 0 Å². The highest BCUT2D eigenvalue weighted by atomic mass is 15.0. The van der Waals surface area contributed by atoms with Crippen molar-refractivity contribution in [2.45, 2.75) is 58.7 Å². The number of hydrogen-bond acceptors (Lipinski definition) is 2. The average molecular weight is 260 g/mol. The topological polar surface area (TPSA) is 24.1 Å². The minimum atomic E-state index is 0.508. The van der Waals surface area contributed by atoms with Crippen LogP contribution in [0, 0.1) is 5.92 Å². The number of hydrogen-bond donors (Lipinski definition) is 2. The van der Waals surface area contributed by atoms with Gasteiger partial charge in [0, 0.05) is 18.6 Å². The quantitative estimate of drug-likeness (QED) is 0.844. The second kappa shape index (κ2) is 7.06. The van der Waals surface area contributed by atoms with Crippen LogP contribution in [0.25, 0.3) is 0 Å². The Kier molecular flexibility index (Phi) is 5.41. The number of fused-ring (bicyclic) bond motifs is 1. The highest BCUT2D eigenvalue weighted by Crippen LogP contribution is 2.24. The fraction of sp³-hybridized carbons (Fsp3) is 0.647. The van der Waals surface area contributed by atoms with Gasteiger partial charge >= 0.3 is 0 Å². The molecule has 2 heteroatoms. The van der Waals surface area contributed by atoms with Gasteiger partial charge in [-0.1, -0.05) is 38.1 Å². The standard InChI is InChI=1S/C17H28N2/c1-13(2)8-9-14(3)19-17-10-11-18-12-15-6-4-5-7-16(15)17/h4-7,13-14,17-19H,8-12H2,1-3H3. The van der Waals surface area contributed by atoms with Crippen molar-refractivity contribution in [3.63, 3.8) is 0 Å². The maximum absolute atomic E-state index is 3.83. The Balaban J connectivity index is 1.99. The highest BCUT2D eigenvalue weighted by Gasteiger charge is 2.19. The summed E-state index contributed by atoms with van der Waals surface area (Å²) in [6, 6.07) is 9.95. The lowest BCUT2D eigenvalue weighted by molar-refractivity contribution is 0.392. The Morgan fingerprint density at radius 3 is 2.79 bits per heavy atom. The molecule has 1 aromatic rings. The number of rotatable bonds is 5. The maximum Gasteiger partial charge on any atom is 0.0337 e. The fourth-order valence-electron chi connectivity index (χ4n) is 2.84. The summed E-state index contributed by atoms with van der Waals surface area (Å²) in [5, 5.41) is 7.35. The predicted octanol–water partition coefficient (Wildman–Crippen LogP) is 3.64. The summed E-state index contributed by atoms with van der Waals surface area (Å²) in [6.07, 6.45) is 3.76. The van der Waals surface area contributed by atoms with Crippen LogP contribution in [0.15, 0.2) is 24.3 Å². The largest absolute Gasteiger partial charge is 0.313 e. The van der Waals surface area contributed by atoms with E-state index in [0.717, 1.165) is 19.0 Å². The van der Waals surface area contributed by atoms with E-state index in [4.69, 9.17) is 0 Å². The molecule has 2 N–H and O–H groups in total. The van der Waals surface area contributed by atoms with E-state index in [1.165, 1.54) is 30.4 Å². The van der Waals surface area contributed by atoms with Crippen molar-refractivity contribution < 1.29 is 0 Å². The first-order valence-corrected chi connectivity index (χ1v) is 7.71. The zero-order valence-corrected chi connectivity index (χ0v) is 12.6. The molecular weight excluding hydrogens is 232 g/mol. The second-order valence-electron chi connectivity index (χ2n) is 6.26. The van der Waals surface area contributed by atoms with Crippen molar-refractivity contribution >= 4 is 0 Å². The minimum Gasteiger partial charge on any atom is -0.313 e. The Morgan fingerprint density at radius 1 is 1.21 bits per heavy atom. The zero-order valence-electron chi connectivity index (χ0n) is 12.6. The summed E-state index contributed by atoms with van der Waals surface area (Å²) >= 11 is 0. The molecule has 0 radical (unpaired) electrons. The van der Waals surface area contributed by atoms with E-state index in [0.29, 0.717) is 12.1 Å². The lowest BCUT2D eigenvalue weighted by atomic mass is 9.97. The van der Waals surface area contributed by atoms with Crippen LogP contribution in [0.5, 0.6) is 0 Å². The molecule has 1 heterocycles. The SMILES string of the molecule is CC(C)CCC(C)NC1CCNCc2ccccc21. The van der Waals surface area contributed by atoms with Crippen LogP contribution >= 0.6 is 0 Å². The molecule has 0 aliphatic carbocycles. The smallest absolute Gasteiger partial charge is 0.0337 e. The molecule has 0 spiro atoms. The molecule has 1 aliphatic rings. The Morgan fingerprint density at radius 2 is 2.00 bits per heavy atom. The van der Waals surface area contributed by atoms with Crippen molar-refractivity contribution in [3.8, 4) is 0 Å². The van der Waals surface area contributed by atoms with Crippen molar-refractivity contribution in [1.29, 1.82) is 0 Å². The van der Waals surface area contributed by atoms with Crippen LogP contribution in [0.2, 0.25) is 0 Å². The molecule has 0 saturated carbocycles. The molecule has 106 valence electrons. The molecular formula is C17H28N2. The van der Waals surface area contributed by atoms with Crippen LogP contribution in [0.3, 0.4) is 0 Å². The van der Waals surface area contributed by atoms with E-state index in [1.807, 2.05) is 0 Å². The predicted molar refractivity (Wildman–Crippen MR) is 82.2 cm³/mol. The third-order valence-corrected chi connectivity index (χ3v) is 4.02. The van der Waals surface area contributed by atoms with Crippen LogP contribution in [0.4, 0.5) is 0 Å². The highest BCUT2D eigenvalue weighted by molar-refractivity contribution is 5.31. The molecule has 0 bridgehead atoms. The minimum absolute atomic E-state index is 0.508. The van der Waals surface area contributed by atoms with Gasteiger partial charge in [-0.05, 0) is 49.8 Å². The lowest BCUT2D eigenvalue weighted by Crippen LogP contribution is -2.31. The summed E-state index contributed by atoms with van der Waals surface area (Å²) in [7, 11) is 0. The molecule has 0 saturated heterocycles. The monoisotopic (exact) mass is 260 g/mol. The van der Waals surface area contributed by atoms with E-state index in [1.54, 1.807) is 0 Å². The number of benzene rings is 1. The third-order valence-electron chi connectivity index (χ3n) is 4.02. The van der Waals surface area contributed by atoms with Gasteiger partial charge in [0.05, 0.1) is 0 Å². The summed E-state index contributed by atoms with van der Waals surface area (Å²) in [5.41, 5.74) is 2.94. The van der Waals surface area contributed by atoms with Crippen molar-refractivity contribution in [1.82, 2.24) is 10.6 Å². The van der Waals surface area contributed by atoms with Crippen molar-refractivity contribution in [2.24, 2.45) is 5.92 Å². The van der Waals surface area contributed by atoms with E-state index in [9.17, 15) is 0 Å². The summed E-state index contributed by atoms with van der Waals surface area (Å²) < 4.78 is 0. The summed E-state index contributed by atoms with van der Waals surface area (Å²) in [5.74, 6) is 0.798. The molecule has 19 heavy (non-hydrogen) atoms. The average Bonchev–Trinajstić information content (AvgIpc) is 2.59. The second-order valence-corrected chi connectivity index (χ2v) is 6.26. The first-order chi connectivity index (χ1) is 9.16. The first kappa shape index (κ1) is 14.5. The van der Waals surface area contributed by atoms with Crippen LogP contribution in [-0.4, -0.2) is 12.6 Å². The Bertz CT molecular complexity index is 387. The van der Waals surface area contributed by atoms with E-state index in [-0.39, 0.29) is 0 Å². The van der Waals surface area contributed by atoms with Gasteiger partial charge in [0.2, 0.25) is 0 Å². The summed E-state index contributed by atoms with van der Waals surface area (Å²) in [6.45, 7) is 9.04. The van der Waals surface area contributed by atoms with Gasteiger partial charge in [-0.3, -0.25) is 0 Å². The fourth-order valence-corrected chi connectivity index (χ4v) is 2.84. The Hall–Kier alpha value is -0.860. The van der Waals surface area contributed by atoms with Gasteiger partial charge in [0.15, 0.2) is 0 Å². The molecule has 2 nitrogen and oxygen atoms in total. The Labute approximate surface area is 118 Å². The molecule has 0 aromatic heterocycles. The van der Waals surface area contributed by atoms with Crippen LogP contribution in [-0.2, 0) is 6.54 Å². The van der Waals surface area contributed by atoms with Crippen LogP contribution < -0.4 is 10.6 Å². The van der Waals surface area contributed by atoms with Gasteiger partial charge in [-0.2, -0.15) is 0 Å². The van der Waals surface area contributed by atoms with E-state index >= 15 is 0 Å². The third kappa shape index (κ3) is 4.32. The molecule has 0 amide bonds. The molecule has 0 fully saturated rings. The van der Waals surface area contributed by atoms with Gasteiger partial charge in [-0.25, -0.2) is 0 Å². The zero-order chi connectivity index (χ0) is 13.7. The van der Waals surface area contributed by atoms with Crippen LogP contribution in [0.1, 0.15) is 57.2 Å². The van der Waals surface area contributed by atoms with E-state index < -0.39 is 0 Å². The molecule has 1 aromatic carbocycles. The van der Waals surface area contributed by atoms with Crippen molar-refractivity contribution in [3.05, 3.63) is 35.4 Å². The van der Waals surface area contributed by atoms with Gasteiger partial charge in [-0.15, -0.1) is 0 Å². The summed E-state index contributed by atoms with van der Waals surface area (Å²) in [4.78, 5) is 0. The van der Waals surface area contributed by atoms with E-state index in [2.05, 4.69) is 55.7 Å². The lowest BCUT2D eigenvalue weighted by Gasteiger charge is -2.24. The molecule has 2 rings (SSSR count). The maximum atomic E-state index is 3.83. The normalized spacial score (nSPS) is 20.9. The molecule has 2 unspecified atom stereocenters.